The van der Waals surface area contributed by atoms with Gasteiger partial charge in [0.15, 0.2) is 17.9 Å². The summed E-state index contributed by atoms with van der Waals surface area (Å²) in [4.78, 5) is 27.0. The van der Waals surface area contributed by atoms with Gasteiger partial charge in [-0.3, -0.25) is 4.79 Å². The van der Waals surface area contributed by atoms with Crippen LogP contribution in [0.4, 0.5) is 5.69 Å². The molecule has 0 saturated carbocycles. The lowest BCUT2D eigenvalue weighted by atomic mass is 10.00. The van der Waals surface area contributed by atoms with Crippen molar-refractivity contribution in [2.45, 2.75) is 25.7 Å². The van der Waals surface area contributed by atoms with Crippen molar-refractivity contribution in [1.29, 1.82) is 0 Å². The van der Waals surface area contributed by atoms with Gasteiger partial charge in [0.25, 0.3) is 0 Å². The number of carbonyl (C=O) groups excluding carboxylic acids is 2. The van der Waals surface area contributed by atoms with Gasteiger partial charge in [0.1, 0.15) is 5.75 Å². The molecule has 2 aromatic rings. The number of benzene rings is 2. The van der Waals surface area contributed by atoms with Gasteiger partial charge < -0.3 is 19.1 Å². The van der Waals surface area contributed by atoms with E-state index < -0.39 is 18.1 Å². The van der Waals surface area contributed by atoms with Crippen LogP contribution in [0.2, 0.25) is 0 Å². The molecule has 0 amide bonds. The Balaban J connectivity index is 1.88. The maximum absolute atomic E-state index is 12.7. The molecule has 0 radical (unpaired) electrons. The van der Waals surface area contributed by atoms with Gasteiger partial charge in [-0.1, -0.05) is 30.3 Å². The van der Waals surface area contributed by atoms with Crippen molar-refractivity contribution in [2.24, 2.45) is 0 Å². The average Bonchev–Trinajstić information content (AvgIpc) is 2.73. The fraction of sp³-hybridized carbons (Fsp3) is 0.273. The first-order chi connectivity index (χ1) is 13.6. The topological polar surface area (TPSA) is 65.1 Å². The molecule has 2 unspecified atom stereocenters. The van der Waals surface area contributed by atoms with Crippen LogP contribution in [0.25, 0.3) is 0 Å². The van der Waals surface area contributed by atoms with Crippen molar-refractivity contribution in [1.82, 2.24) is 0 Å². The summed E-state index contributed by atoms with van der Waals surface area (Å²) in [5.74, 6) is -0.0711. The van der Waals surface area contributed by atoms with E-state index in [1.54, 1.807) is 37.3 Å². The highest BCUT2D eigenvalue weighted by Crippen LogP contribution is 2.27. The third kappa shape index (κ3) is 4.40. The Hall–Kier alpha value is -3.12. The number of anilines is 1. The van der Waals surface area contributed by atoms with Crippen LogP contribution >= 0.6 is 0 Å². The Kier molecular flexibility index (Phi) is 6.45. The summed E-state index contributed by atoms with van der Waals surface area (Å²) in [7, 11) is 1.59. The Labute approximate surface area is 164 Å². The minimum absolute atomic E-state index is 0.217. The van der Waals surface area contributed by atoms with Gasteiger partial charge in [-0.2, -0.15) is 0 Å². The van der Waals surface area contributed by atoms with Crippen molar-refractivity contribution in [3.05, 3.63) is 72.4 Å². The van der Waals surface area contributed by atoms with Crippen molar-refractivity contribution in [2.75, 3.05) is 18.6 Å². The molecule has 6 nitrogen and oxygen atoms in total. The number of rotatable bonds is 7. The monoisotopic (exact) mass is 381 g/mol. The van der Waals surface area contributed by atoms with Crippen LogP contribution < -0.4 is 9.64 Å². The van der Waals surface area contributed by atoms with E-state index in [1.165, 1.54) is 6.08 Å². The van der Waals surface area contributed by atoms with Crippen LogP contribution in [-0.2, 0) is 25.7 Å². The highest BCUT2D eigenvalue weighted by atomic mass is 16.5. The largest absolute Gasteiger partial charge is 0.497 e. The first-order valence-corrected chi connectivity index (χ1v) is 9.10. The van der Waals surface area contributed by atoms with Gasteiger partial charge in [-0.25, -0.2) is 4.79 Å². The molecule has 0 fully saturated rings. The summed E-state index contributed by atoms with van der Waals surface area (Å²) in [6.07, 6.45) is 2.05. The van der Waals surface area contributed by atoms with Crippen LogP contribution in [0, 0.1) is 0 Å². The van der Waals surface area contributed by atoms with Gasteiger partial charge >= 0.3 is 5.97 Å². The number of esters is 1. The van der Waals surface area contributed by atoms with E-state index in [1.807, 2.05) is 42.5 Å². The Bertz CT molecular complexity index is 832. The van der Waals surface area contributed by atoms with E-state index in [0.29, 0.717) is 5.75 Å². The lowest BCUT2D eigenvalue weighted by Gasteiger charge is -2.36. The van der Waals surface area contributed by atoms with Crippen molar-refractivity contribution in [3.8, 4) is 5.75 Å². The van der Waals surface area contributed by atoms with Crippen LogP contribution in [-0.4, -0.2) is 37.6 Å². The molecule has 0 N–H and O–H groups in total. The normalized spacial score (nSPS) is 18.8. The van der Waals surface area contributed by atoms with Gasteiger partial charge in [-0.05, 0) is 36.8 Å². The predicted octanol–water partition coefficient (Wildman–Crippen LogP) is 3.12. The molecule has 3 rings (SSSR count). The fourth-order valence-electron chi connectivity index (χ4n) is 3.04. The summed E-state index contributed by atoms with van der Waals surface area (Å²) >= 11 is 0. The van der Waals surface area contributed by atoms with Gasteiger partial charge in [0, 0.05) is 18.0 Å². The molecule has 0 saturated heterocycles. The molecule has 0 aromatic heterocycles. The zero-order valence-electron chi connectivity index (χ0n) is 15.9. The summed E-state index contributed by atoms with van der Waals surface area (Å²) in [5.41, 5.74) is 1.65. The maximum Gasteiger partial charge on any atom is 0.332 e. The lowest BCUT2D eigenvalue weighted by molar-refractivity contribution is -0.152. The van der Waals surface area contributed by atoms with Gasteiger partial charge in [-0.15, -0.1) is 0 Å². The predicted molar refractivity (Wildman–Crippen MR) is 105 cm³/mol. The molecule has 1 aliphatic rings. The van der Waals surface area contributed by atoms with Gasteiger partial charge in [0.2, 0.25) is 0 Å². The van der Waals surface area contributed by atoms with Gasteiger partial charge in [0.05, 0.1) is 20.3 Å². The summed E-state index contributed by atoms with van der Waals surface area (Å²) in [6.45, 7) is 2.17. The molecule has 146 valence electrons. The molecule has 6 heteroatoms. The number of methoxy groups -OCH3 is 1. The summed E-state index contributed by atoms with van der Waals surface area (Å²) < 4.78 is 16.3. The third-order valence-electron chi connectivity index (χ3n) is 4.44. The third-order valence-corrected chi connectivity index (χ3v) is 4.44. The van der Waals surface area contributed by atoms with Crippen LogP contribution in [0.15, 0.2) is 66.9 Å². The molecule has 0 bridgehead atoms. The number of carbonyl (C=O) groups is 2. The Morgan fingerprint density at radius 2 is 1.79 bits per heavy atom. The number of ketones is 1. The highest BCUT2D eigenvalue weighted by Gasteiger charge is 2.41. The minimum Gasteiger partial charge on any atom is -0.497 e. The molecule has 28 heavy (non-hydrogen) atoms. The second kappa shape index (κ2) is 9.19. The summed E-state index contributed by atoms with van der Waals surface area (Å²) in [6, 6.07) is 15.8. The molecular weight excluding hydrogens is 358 g/mol. The van der Waals surface area contributed by atoms with Crippen molar-refractivity contribution < 1.29 is 23.8 Å². The zero-order valence-corrected chi connectivity index (χ0v) is 15.9. The highest BCUT2D eigenvalue weighted by molar-refractivity contribution is 6.01. The second-order valence-corrected chi connectivity index (χ2v) is 6.24. The quantitative estimate of drug-likeness (QED) is 0.687. The SMILES string of the molecule is CCOC(=O)C1C(OCc2ccccc2)C(=O)C=CN1c1ccc(OC)cc1. The van der Waals surface area contributed by atoms with Crippen LogP contribution in [0.5, 0.6) is 5.75 Å². The fourth-order valence-corrected chi connectivity index (χ4v) is 3.04. The van der Waals surface area contributed by atoms with E-state index in [2.05, 4.69) is 0 Å². The molecule has 1 heterocycles. The zero-order chi connectivity index (χ0) is 19.9. The first kappa shape index (κ1) is 19.6. The molecule has 1 aliphatic heterocycles. The smallest absolute Gasteiger partial charge is 0.332 e. The van der Waals surface area contributed by atoms with E-state index in [0.717, 1.165) is 11.3 Å². The number of nitrogens with zero attached hydrogens (tertiary/aromatic N) is 1. The summed E-state index contributed by atoms with van der Waals surface area (Å²) in [5, 5.41) is 0. The molecule has 2 aromatic carbocycles. The number of hydrogen-bond donors (Lipinski definition) is 0. The van der Waals surface area contributed by atoms with E-state index >= 15 is 0 Å². The lowest BCUT2D eigenvalue weighted by Crippen LogP contribution is -2.54. The van der Waals surface area contributed by atoms with Crippen molar-refractivity contribution >= 4 is 17.4 Å². The van der Waals surface area contributed by atoms with E-state index in [4.69, 9.17) is 14.2 Å². The Morgan fingerprint density at radius 1 is 1.07 bits per heavy atom. The second-order valence-electron chi connectivity index (χ2n) is 6.24. The maximum atomic E-state index is 12.7. The first-order valence-electron chi connectivity index (χ1n) is 9.10. The van der Waals surface area contributed by atoms with Crippen LogP contribution in [0.1, 0.15) is 12.5 Å². The molecule has 0 spiro atoms. The van der Waals surface area contributed by atoms with Crippen LogP contribution in [0.3, 0.4) is 0 Å². The standard InChI is InChI=1S/C22H23NO5/c1-3-27-22(25)20-21(28-15-16-7-5-4-6-8-16)19(24)13-14-23(20)17-9-11-18(26-2)12-10-17/h4-14,20-21H,3,15H2,1-2H3. The molecular formula is C22H23NO5. The number of hydrogen-bond acceptors (Lipinski definition) is 6. The minimum atomic E-state index is -0.966. The number of ether oxygens (including phenoxy) is 3. The van der Waals surface area contributed by atoms with Crippen molar-refractivity contribution in [3.63, 3.8) is 0 Å². The van der Waals surface area contributed by atoms with E-state index in [-0.39, 0.29) is 19.0 Å². The van der Waals surface area contributed by atoms with E-state index in [9.17, 15) is 9.59 Å². The molecule has 2 atom stereocenters. The average molecular weight is 381 g/mol. The molecule has 0 aliphatic carbocycles. The Morgan fingerprint density at radius 3 is 2.43 bits per heavy atom.